The summed E-state index contributed by atoms with van der Waals surface area (Å²) < 4.78 is 28.6. The van der Waals surface area contributed by atoms with E-state index in [0.717, 1.165) is 35.4 Å². The van der Waals surface area contributed by atoms with Gasteiger partial charge >= 0.3 is 0 Å². The summed E-state index contributed by atoms with van der Waals surface area (Å²) in [6, 6.07) is 7.24. The van der Waals surface area contributed by atoms with Crippen LogP contribution in [0.2, 0.25) is 0 Å². The van der Waals surface area contributed by atoms with Gasteiger partial charge in [0.1, 0.15) is 0 Å². The minimum absolute atomic E-state index is 0.117. The van der Waals surface area contributed by atoms with Gasteiger partial charge in [-0.3, -0.25) is 4.79 Å². The fourth-order valence-corrected chi connectivity index (χ4v) is 5.88. The van der Waals surface area contributed by atoms with Crippen molar-refractivity contribution in [3.63, 3.8) is 0 Å². The average molecular weight is 441 g/mol. The van der Waals surface area contributed by atoms with Gasteiger partial charge in [0.05, 0.1) is 4.90 Å². The maximum Gasteiger partial charge on any atom is 0.242 e. The number of fused-ring (bicyclic) bond motifs is 1. The van der Waals surface area contributed by atoms with Crippen molar-refractivity contribution < 1.29 is 13.2 Å². The summed E-state index contributed by atoms with van der Waals surface area (Å²) >= 11 is 4.89. The van der Waals surface area contributed by atoms with Crippen LogP contribution in [0.25, 0.3) is 0 Å². The minimum Gasteiger partial charge on any atom is -0.312 e. The van der Waals surface area contributed by atoms with Gasteiger partial charge in [-0.25, -0.2) is 13.1 Å². The van der Waals surface area contributed by atoms with Crippen LogP contribution in [0.4, 0.5) is 5.69 Å². The zero-order chi connectivity index (χ0) is 17.6. The van der Waals surface area contributed by atoms with Gasteiger partial charge in [-0.05, 0) is 64.3 Å². The number of thiophene rings is 1. The number of hydrogen-bond donors (Lipinski definition) is 1. The number of hydrogen-bond acceptors (Lipinski definition) is 4. The molecule has 0 spiro atoms. The molecule has 25 heavy (non-hydrogen) atoms. The molecular formula is C17H17BrN2O3S2. The summed E-state index contributed by atoms with van der Waals surface area (Å²) in [5, 5.41) is 1.91. The average Bonchev–Trinajstić information content (AvgIpc) is 3.14. The maximum absolute atomic E-state index is 12.7. The molecule has 0 saturated heterocycles. The van der Waals surface area contributed by atoms with Crippen molar-refractivity contribution in [2.24, 2.45) is 5.92 Å². The van der Waals surface area contributed by atoms with E-state index < -0.39 is 10.0 Å². The predicted octanol–water partition coefficient (Wildman–Crippen LogP) is 3.29. The molecule has 2 aromatic rings. The van der Waals surface area contributed by atoms with Gasteiger partial charge in [0.25, 0.3) is 0 Å². The molecule has 4 rings (SSSR count). The van der Waals surface area contributed by atoms with Crippen LogP contribution in [0.3, 0.4) is 0 Å². The number of nitrogens with one attached hydrogen (secondary N) is 1. The molecule has 0 bridgehead atoms. The third-order valence-corrected chi connectivity index (χ3v) is 7.76. The smallest absolute Gasteiger partial charge is 0.242 e. The summed E-state index contributed by atoms with van der Waals surface area (Å²) in [5.74, 6) is 0.238. The van der Waals surface area contributed by atoms with E-state index in [9.17, 15) is 13.2 Å². The number of carbonyl (C=O) groups is 1. The molecule has 5 nitrogen and oxygen atoms in total. The Morgan fingerprint density at radius 3 is 2.84 bits per heavy atom. The Morgan fingerprint density at radius 1 is 1.36 bits per heavy atom. The Bertz CT molecular complexity index is 922. The topological polar surface area (TPSA) is 66.5 Å². The van der Waals surface area contributed by atoms with E-state index in [-0.39, 0.29) is 23.3 Å². The quantitative estimate of drug-likeness (QED) is 0.775. The number of benzene rings is 1. The number of rotatable bonds is 5. The Labute approximate surface area is 159 Å². The van der Waals surface area contributed by atoms with Crippen LogP contribution in [-0.2, 0) is 27.8 Å². The maximum atomic E-state index is 12.7. The molecule has 1 fully saturated rings. The molecule has 1 aliphatic carbocycles. The zero-order valence-electron chi connectivity index (χ0n) is 13.4. The second-order valence-electron chi connectivity index (χ2n) is 6.33. The van der Waals surface area contributed by atoms with Gasteiger partial charge in [-0.1, -0.05) is 6.07 Å². The second kappa shape index (κ2) is 6.50. The summed E-state index contributed by atoms with van der Waals surface area (Å²) in [7, 11) is -3.67. The van der Waals surface area contributed by atoms with E-state index in [1.54, 1.807) is 11.0 Å². The number of halogens is 1. The standard InChI is InChI=1S/C17H17BrN2O3S2/c18-14-8-12-5-6-20(17(21)11-3-4-11)15(12)9-16(14)25(22,23)19-10-13-2-1-7-24-13/h1-2,7-9,11,19H,3-6,10H2. The lowest BCUT2D eigenvalue weighted by Crippen LogP contribution is -2.30. The molecule has 2 aliphatic rings. The van der Waals surface area contributed by atoms with Gasteiger partial charge in [0.15, 0.2) is 0 Å². The number of amides is 1. The van der Waals surface area contributed by atoms with Crippen molar-refractivity contribution in [2.45, 2.75) is 30.7 Å². The number of anilines is 1. The lowest BCUT2D eigenvalue weighted by Gasteiger charge is -2.18. The summed E-state index contributed by atoms with van der Waals surface area (Å²) in [6.45, 7) is 0.886. The van der Waals surface area contributed by atoms with Crippen LogP contribution in [0.1, 0.15) is 23.3 Å². The van der Waals surface area contributed by atoms with E-state index in [2.05, 4.69) is 20.7 Å². The van der Waals surface area contributed by atoms with Gasteiger partial charge in [0, 0.05) is 34.0 Å². The van der Waals surface area contributed by atoms with Gasteiger partial charge in [-0.15, -0.1) is 11.3 Å². The highest BCUT2D eigenvalue weighted by Gasteiger charge is 2.37. The molecule has 1 saturated carbocycles. The first kappa shape index (κ1) is 17.2. The molecule has 0 radical (unpaired) electrons. The molecule has 1 amide bonds. The molecular weight excluding hydrogens is 424 g/mol. The Balaban J connectivity index is 1.63. The Kier molecular flexibility index (Phi) is 4.47. The van der Waals surface area contributed by atoms with Crippen molar-refractivity contribution in [1.82, 2.24) is 4.72 Å². The number of nitrogens with zero attached hydrogens (tertiary/aromatic N) is 1. The van der Waals surface area contributed by atoms with Crippen molar-refractivity contribution in [3.05, 3.63) is 44.6 Å². The van der Waals surface area contributed by atoms with Crippen LogP contribution >= 0.6 is 27.3 Å². The monoisotopic (exact) mass is 440 g/mol. The molecule has 0 unspecified atom stereocenters. The van der Waals surface area contributed by atoms with E-state index in [4.69, 9.17) is 0 Å². The van der Waals surface area contributed by atoms with E-state index in [1.807, 2.05) is 23.6 Å². The van der Waals surface area contributed by atoms with E-state index in [1.165, 1.54) is 11.3 Å². The van der Waals surface area contributed by atoms with Crippen LogP contribution < -0.4 is 9.62 Å². The van der Waals surface area contributed by atoms with E-state index in [0.29, 0.717) is 11.0 Å². The zero-order valence-corrected chi connectivity index (χ0v) is 16.6. The number of carbonyl (C=O) groups excluding carboxylic acids is 1. The molecule has 1 aromatic carbocycles. The van der Waals surface area contributed by atoms with Crippen LogP contribution in [0.15, 0.2) is 39.0 Å². The Hall–Kier alpha value is -1.22. The van der Waals surface area contributed by atoms with Crippen molar-refractivity contribution in [2.75, 3.05) is 11.4 Å². The second-order valence-corrected chi connectivity index (χ2v) is 9.95. The van der Waals surface area contributed by atoms with E-state index >= 15 is 0 Å². The Morgan fingerprint density at radius 2 is 2.16 bits per heavy atom. The molecule has 132 valence electrons. The molecule has 0 atom stereocenters. The summed E-state index contributed by atoms with van der Waals surface area (Å²) in [4.78, 5) is 15.3. The predicted molar refractivity (Wildman–Crippen MR) is 101 cm³/mol. The first-order valence-electron chi connectivity index (χ1n) is 8.11. The van der Waals surface area contributed by atoms with Crippen LogP contribution in [-0.4, -0.2) is 20.9 Å². The lowest BCUT2D eigenvalue weighted by molar-refractivity contribution is -0.119. The first-order valence-corrected chi connectivity index (χ1v) is 11.3. The summed E-state index contributed by atoms with van der Waals surface area (Å²) in [5.41, 5.74) is 1.75. The summed E-state index contributed by atoms with van der Waals surface area (Å²) in [6.07, 6.45) is 2.64. The molecule has 1 aliphatic heterocycles. The highest BCUT2D eigenvalue weighted by atomic mass is 79.9. The SMILES string of the molecule is O=C(C1CC1)N1CCc2cc(Br)c(S(=O)(=O)NCc3cccs3)cc21. The van der Waals surface area contributed by atoms with Gasteiger partial charge in [-0.2, -0.15) is 0 Å². The fourth-order valence-electron chi connectivity index (χ4n) is 3.03. The molecule has 1 aromatic heterocycles. The number of sulfonamides is 1. The highest BCUT2D eigenvalue weighted by Crippen LogP contribution is 2.39. The van der Waals surface area contributed by atoms with Crippen molar-refractivity contribution in [3.8, 4) is 0 Å². The first-order chi connectivity index (χ1) is 12.0. The van der Waals surface area contributed by atoms with Gasteiger partial charge in [0.2, 0.25) is 15.9 Å². The van der Waals surface area contributed by atoms with Crippen molar-refractivity contribution in [1.29, 1.82) is 0 Å². The third kappa shape index (κ3) is 3.40. The molecule has 1 N–H and O–H groups in total. The fraction of sp³-hybridized carbons (Fsp3) is 0.353. The van der Waals surface area contributed by atoms with Gasteiger partial charge < -0.3 is 4.90 Å². The minimum atomic E-state index is -3.67. The van der Waals surface area contributed by atoms with Crippen molar-refractivity contribution >= 4 is 48.9 Å². The molecule has 8 heteroatoms. The third-order valence-electron chi connectivity index (χ3n) is 4.53. The normalized spacial score (nSPS) is 16.9. The lowest BCUT2D eigenvalue weighted by atomic mass is 10.2. The van der Waals surface area contributed by atoms with Crippen LogP contribution in [0.5, 0.6) is 0 Å². The van der Waals surface area contributed by atoms with Crippen LogP contribution in [0, 0.1) is 5.92 Å². The molecule has 2 heterocycles. The largest absolute Gasteiger partial charge is 0.312 e. The highest BCUT2D eigenvalue weighted by molar-refractivity contribution is 9.10.